The Morgan fingerprint density at radius 2 is 1.29 bits per heavy atom. The van der Waals surface area contributed by atoms with Crippen LogP contribution in [0.3, 0.4) is 0 Å². The Bertz CT molecular complexity index is 236. The highest BCUT2D eigenvalue weighted by atomic mass is 16.5. The second kappa shape index (κ2) is 6.36. The summed E-state index contributed by atoms with van der Waals surface area (Å²) in [5.41, 5.74) is 0. The van der Waals surface area contributed by atoms with Crippen LogP contribution in [0.1, 0.15) is 19.3 Å². The van der Waals surface area contributed by atoms with E-state index in [0.29, 0.717) is 13.2 Å². The van der Waals surface area contributed by atoms with Crippen LogP contribution < -0.4 is 0 Å². The lowest BCUT2D eigenvalue weighted by Gasteiger charge is -2.27. The van der Waals surface area contributed by atoms with E-state index in [2.05, 4.69) is 13.2 Å². The molecule has 2 saturated carbocycles. The fourth-order valence-corrected chi connectivity index (χ4v) is 3.53. The van der Waals surface area contributed by atoms with Crippen molar-refractivity contribution in [3.05, 3.63) is 25.3 Å². The lowest BCUT2D eigenvalue weighted by molar-refractivity contribution is 0.0600. The second-order valence-corrected chi connectivity index (χ2v) is 5.40. The molecule has 0 aliphatic heterocycles. The van der Waals surface area contributed by atoms with Gasteiger partial charge in [0, 0.05) is 0 Å². The molecule has 2 rings (SSSR count). The predicted octanol–water partition coefficient (Wildman–Crippen LogP) is 3.05. The molecule has 2 aliphatic carbocycles. The lowest BCUT2D eigenvalue weighted by atomic mass is 9.83. The predicted molar refractivity (Wildman–Crippen MR) is 69.8 cm³/mol. The summed E-state index contributed by atoms with van der Waals surface area (Å²) in [7, 11) is 0. The van der Waals surface area contributed by atoms with Gasteiger partial charge < -0.3 is 9.47 Å². The molecular weight excluding hydrogens is 212 g/mol. The van der Waals surface area contributed by atoms with Gasteiger partial charge in [-0.3, -0.25) is 0 Å². The second-order valence-electron chi connectivity index (χ2n) is 5.40. The van der Waals surface area contributed by atoms with Gasteiger partial charge >= 0.3 is 0 Å². The molecule has 2 nitrogen and oxygen atoms in total. The monoisotopic (exact) mass is 236 g/mol. The van der Waals surface area contributed by atoms with Crippen LogP contribution in [0.15, 0.2) is 25.3 Å². The molecule has 0 saturated heterocycles. The number of rotatable bonds is 8. The zero-order valence-electron chi connectivity index (χ0n) is 10.6. The molecule has 0 aromatic carbocycles. The average molecular weight is 236 g/mol. The van der Waals surface area contributed by atoms with Crippen LogP contribution in [0, 0.1) is 23.7 Å². The van der Waals surface area contributed by atoms with Gasteiger partial charge in [0.15, 0.2) is 0 Å². The Morgan fingerprint density at radius 1 is 0.824 bits per heavy atom. The summed E-state index contributed by atoms with van der Waals surface area (Å²) in [5.74, 6) is 3.33. The number of fused-ring (bicyclic) bond motifs is 2. The molecule has 17 heavy (non-hydrogen) atoms. The minimum absolute atomic E-state index is 0.694. The van der Waals surface area contributed by atoms with Crippen LogP contribution in [0.25, 0.3) is 0 Å². The van der Waals surface area contributed by atoms with Crippen molar-refractivity contribution in [3.8, 4) is 0 Å². The van der Waals surface area contributed by atoms with Gasteiger partial charge in [-0.2, -0.15) is 0 Å². The van der Waals surface area contributed by atoms with E-state index in [1.807, 2.05) is 12.2 Å². The smallest absolute Gasteiger partial charge is 0.0644 e. The molecule has 2 fully saturated rings. The molecule has 2 aliphatic rings. The maximum Gasteiger partial charge on any atom is 0.0644 e. The van der Waals surface area contributed by atoms with Crippen LogP contribution >= 0.6 is 0 Å². The highest BCUT2D eigenvalue weighted by Gasteiger charge is 2.45. The fraction of sp³-hybridized carbons (Fsp3) is 0.733. The lowest BCUT2D eigenvalue weighted by Crippen LogP contribution is -2.24. The van der Waals surface area contributed by atoms with Crippen molar-refractivity contribution in [1.82, 2.24) is 0 Å². The molecule has 4 unspecified atom stereocenters. The number of hydrogen-bond acceptors (Lipinski definition) is 2. The normalized spacial score (nSPS) is 35.1. The third-order valence-electron chi connectivity index (χ3n) is 4.29. The van der Waals surface area contributed by atoms with E-state index in [1.165, 1.54) is 19.3 Å². The Labute approximate surface area is 105 Å². The first kappa shape index (κ1) is 12.8. The van der Waals surface area contributed by atoms with Gasteiger partial charge in [-0.05, 0) is 42.9 Å². The van der Waals surface area contributed by atoms with Gasteiger partial charge in [0.25, 0.3) is 0 Å². The number of ether oxygens (including phenoxy) is 2. The average Bonchev–Trinajstić information content (AvgIpc) is 2.89. The summed E-state index contributed by atoms with van der Waals surface area (Å²) in [4.78, 5) is 0. The first-order valence-corrected chi connectivity index (χ1v) is 6.72. The minimum Gasteiger partial charge on any atom is -0.377 e. The molecule has 2 heteroatoms. The Hall–Kier alpha value is -0.600. The Balaban J connectivity index is 1.68. The molecule has 0 aromatic rings. The Kier molecular flexibility index (Phi) is 4.81. The summed E-state index contributed by atoms with van der Waals surface area (Å²) in [6, 6.07) is 0. The molecule has 2 bridgehead atoms. The highest BCUT2D eigenvalue weighted by molar-refractivity contribution is 4.95. The van der Waals surface area contributed by atoms with Gasteiger partial charge in [-0.15, -0.1) is 13.2 Å². The van der Waals surface area contributed by atoms with Gasteiger partial charge in [0.1, 0.15) is 0 Å². The van der Waals surface area contributed by atoms with Crippen LogP contribution in [0.4, 0.5) is 0 Å². The van der Waals surface area contributed by atoms with E-state index in [0.717, 1.165) is 36.9 Å². The molecule has 0 radical (unpaired) electrons. The molecule has 4 atom stereocenters. The minimum atomic E-state index is 0.694. The first-order valence-electron chi connectivity index (χ1n) is 6.72. The summed E-state index contributed by atoms with van der Waals surface area (Å²) >= 11 is 0. The molecule has 96 valence electrons. The van der Waals surface area contributed by atoms with Gasteiger partial charge in [-0.1, -0.05) is 12.2 Å². The summed E-state index contributed by atoms with van der Waals surface area (Å²) in [6.45, 7) is 10.6. The van der Waals surface area contributed by atoms with Gasteiger partial charge in [0.2, 0.25) is 0 Å². The third-order valence-corrected chi connectivity index (χ3v) is 4.29. The topological polar surface area (TPSA) is 18.5 Å². The Morgan fingerprint density at radius 3 is 1.65 bits per heavy atom. The van der Waals surface area contributed by atoms with Crippen molar-refractivity contribution in [2.75, 3.05) is 26.4 Å². The van der Waals surface area contributed by atoms with E-state index in [1.54, 1.807) is 0 Å². The van der Waals surface area contributed by atoms with E-state index >= 15 is 0 Å². The first-order chi connectivity index (χ1) is 8.35. The molecule has 0 spiro atoms. The van der Waals surface area contributed by atoms with Gasteiger partial charge in [0.05, 0.1) is 26.4 Å². The van der Waals surface area contributed by atoms with Crippen molar-refractivity contribution in [2.24, 2.45) is 23.7 Å². The molecule has 0 amide bonds. The van der Waals surface area contributed by atoms with Crippen LogP contribution in [-0.4, -0.2) is 26.4 Å². The largest absolute Gasteiger partial charge is 0.377 e. The van der Waals surface area contributed by atoms with Crippen molar-refractivity contribution in [1.29, 1.82) is 0 Å². The standard InChI is InChI=1S/C15H24O2/c1-3-5-16-10-14-8-13-7-12(14)9-15(13)11-17-6-4-2/h3-4,12-15H,1-2,5-11H2. The molecule has 0 N–H and O–H groups in total. The van der Waals surface area contributed by atoms with Crippen LogP contribution in [-0.2, 0) is 9.47 Å². The zero-order chi connectivity index (χ0) is 12.1. The maximum atomic E-state index is 5.59. The van der Waals surface area contributed by atoms with Crippen molar-refractivity contribution in [2.45, 2.75) is 19.3 Å². The SMILES string of the molecule is C=CCOCC1CC2CC1CC2COCC=C. The maximum absolute atomic E-state index is 5.59. The highest BCUT2D eigenvalue weighted by Crippen LogP contribution is 2.51. The van der Waals surface area contributed by atoms with E-state index in [-0.39, 0.29) is 0 Å². The number of hydrogen-bond donors (Lipinski definition) is 0. The fourth-order valence-electron chi connectivity index (χ4n) is 3.53. The van der Waals surface area contributed by atoms with E-state index in [4.69, 9.17) is 9.47 Å². The quantitative estimate of drug-likeness (QED) is 0.476. The van der Waals surface area contributed by atoms with Gasteiger partial charge in [-0.25, -0.2) is 0 Å². The molecular formula is C15H24O2. The van der Waals surface area contributed by atoms with Crippen molar-refractivity contribution in [3.63, 3.8) is 0 Å². The van der Waals surface area contributed by atoms with E-state index in [9.17, 15) is 0 Å². The molecule has 0 heterocycles. The third kappa shape index (κ3) is 3.20. The van der Waals surface area contributed by atoms with Crippen molar-refractivity contribution < 1.29 is 9.47 Å². The summed E-state index contributed by atoms with van der Waals surface area (Å²) < 4.78 is 11.2. The van der Waals surface area contributed by atoms with E-state index < -0.39 is 0 Å². The summed E-state index contributed by atoms with van der Waals surface area (Å²) in [5, 5.41) is 0. The van der Waals surface area contributed by atoms with Crippen molar-refractivity contribution >= 4 is 0 Å². The summed E-state index contributed by atoms with van der Waals surface area (Å²) in [6.07, 6.45) is 7.73. The zero-order valence-corrected chi connectivity index (χ0v) is 10.6. The van der Waals surface area contributed by atoms with Crippen LogP contribution in [0.5, 0.6) is 0 Å². The molecule has 0 aromatic heterocycles. The van der Waals surface area contributed by atoms with Crippen LogP contribution in [0.2, 0.25) is 0 Å².